The van der Waals surface area contributed by atoms with Gasteiger partial charge in [0.25, 0.3) is 0 Å². The first-order valence-electron chi connectivity index (χ1n) is 4.98. The molecule has 0 saturated heterocycles. The van der Waals surface area contributed by atoms with E-state index in [1.807, 2.05) is 6.92 Å². The molecule has 0 aliphatic heterocycles. The fourth-order valence-electron chi connectivity index (χ4n) is 1.59. The van der Waals surface area contributed by atoms with Crippen molar-refractivity contribution in [3.8, 4) is 0 Å². The summed E-state index contributed by atoms with van der Waals surface area (Å²) in [4.78, 5) is 18.7. The number of carbonyl (C=O) groups is 1. The van der Waals surface area contributed by atoms with Crippen LogP contribution in [0.3, 0.4) is 0 Å². The summed E-state index contributed by atoms with van der Waals surface area (Å²) in [6, 6.07) is -0.0229. The van der Waals surface area contributed by atoms with Crippen molar-refractivity contribution in [1.82, 2.24) is 15.3 Å². The Labute approximate surface area is 83.1 Å². The second kappa shape index (κ2) is 3.44. The molecular formula is C10H15N3O. The molecule has 2 rings (SSSR count). The summed E-state index contributed by atoms with van der Waals surface area (Å²) in [7, 11) is 0. The van der Waals surface area contributed by atoms with Crippen LogP contribution in [0.5, 0.6) is 0 Å². The molecule has 0 radical (unpaired) electrons. The number of aromatic amines is 1. The third kappa shape index (κ3) is 1.78. The van der Waals surface area contributed by atoms with Gasteiger partial charge in [0.1, 0.15) is 5.82 Å². The molecule has 2 N–H and O–H groups in total. The average Bonchev–Trinajstić information content (AvgIpc) is 2.70. The Morgan fingerprint density at radius 3 is 3.00 bits per heavy atom. The second-order valence-corrected chi connectivity index (χ2v) is 4.02. The third-order valence-electron chi connectivity index (χ3n) is 2.73. The van der Waals surface area contributed by atoms with Gasteiger partial charge in [0.15, 0.2) is 0 Å². The van der Waals surface area contributed by atoms with Crippen molar-refractivity contribution in [2.75, 3.05) is 0 Å². The van der Waals surface area contributed by atoms with Gasteiger partial charge in [-0.1, -0.05) is 6.92 Å². The zero-order valence-electron chi connectivity index (χ0n) is 8.45. The van der Waals surface area contributed by atoms with Crippen LogP contribution in [0.25, 0.3) is 0 Å². The van der Waals surface area contributed by atoms with Gasteiger partial charge in [0.2, 0.25) is 5.91 Å². The van der Waals surface area contributed by atoms with Crippen LogP contribution in [0, 0.1) is 11.8 Å². The number of imidazole rings is 1. The summed E-state index contributed by atoms with van der Waals surface area (Å²) in [6.07, 6.45) is 4.48. The first kappa shape index (κ1) is 9.24. The number of amides is 1. The lowest BCUT2D eigenvalue weighted by atomic mass is 10.2. The van der Waals surface area contributed by atoms with Crippen molar-refractivity contribution in [1.29, 1.82) is 0 Å². The van der Waals surface area contributed by atoms with Gasteiger partial charge >= 0.3 is 0 Å². The summed E-state index contributed by atoms with van der Waals surface area (Å²) in [6.45, 7) is 4.03. The number of H-pyrrole nitrogens is 1. The summed E-state index contributed by atoms with van der Waals surface area (Å²) >= 11 is 0. The standard InChI is InChI=1S/C10H15N3O/c1-6-5-8(6)10(14)13-7(2)9-11-3-4-12-9/h3-4,6-8H,5H2,1-2H3,(H,11,12)(H,13,14). The molecule has 1 aliphatic rings. The molecule has 1 amide bonds. The maximum absolute atomic E-state index is 11.6. The van der Waals surface area contributed by atoms with E-state index in [0.717, 1.165) is 12.2 Å². The van der Waals surface area contributed by atoms with E-state index in [4.69, 9.17) is 0 Å². The molecule has 3 unspecified atom stereocenters. The van der Waals surface area contributed by atoms with Crippen LogP contribution in [0.1, 0.15) is 32.1 Å². The Morgan fingerprint density at radius 2 is 2.50 bits per heavy atom. The van der Waals surface area contributed by atoms with Crippen molar-refractivity contribution < 1.29 is 4.79 Å². The molecule has 1 aromatic heterocycles. The number of aromatic nitrogens is 2. The van der Waals surface area contributed by atoms with Gasteiger partial charge in [-0.15, -0.1) is 0 Å². The maximum atomic E-state index is 11.6. The van der Waals surface area contributed by atoms with Crippen LogP contribution < -0.4 is 5.32 Å². The largest absolute Gasteiger partial charge is 0.347 e. The quantitative estimate of drug-likeness (QED) is 0.758. The molecule has 14 heavy (non-hydrogen) atoms. The monoisotopic (exact) mass is 193 g/mol. The van der Waals surface area contributed by atoms with Crippen LogP contribution in [0.2, 0.25) is 0 Å². The van der Waals surface area contributed by atoms with Crippen molar-refractivity contribution >= 4 is 5.91 Å². The van der Waals surface area contributed by atoms with Crippen LogP contribution in [-0.2, 0) is 4.79 Å². The zero-order chi connectivity index (χ0) is 10.1. The highest BCUT2D eigenvalue weighted by Crippen LogP contribution is 2.38. The van der Waals surface area contributed by atoms with Crippen molar-refractivity contribution in [3.63, 3.8) is 0 Å². The summed E-state index contributed by atoms with van der Waals surface area (Å²) in [5.41, 5.74) is 0. The summed E-state index contributed by atoms with van der Waals surface area (Å²) < 4.78 is 0. The van der Waals surface area contributed by atoms with Crippen molar-refractivity contribution in [2.45, 2.75) is 26.3 Å². The highest BCUT2D eigenvalue weighted by atomic mass is 16.2. The maximum Gasteiger partial charge on any atom is 0.223 e. The molecule has 1 aliphatic carbocycles. The predicted octanol–water partition coefficient (Wildman–Crippen LogP) is 1.24. The number of nitrogens with zero attached hydrogens (tertiary/aromatic N) is 1. The van der Waals surface area contributed by atoms with Gasteiger partial charge in [0.05, 0.1) is 6.04 Å². The molecule has 4 nitrogen and oxygen atoms in total. The molecule has 0 aromatic carbocycles. The number of hydrogen-bond donors (Lipinski definition) is 2. The topological polar surface area (TPSA) is 57.8 Å². The molecule has 1 fully saturated rings. The molecule has 1 heterocycles. The molecule has 76 valence electrons. The van der Waals surface area contributed by atoms with Gasteiger partial charge in [-0.3, -0.25) is 4.79 Å². The van der Waals surface area contributed by atoms with Gasteiger partial charge in [-0.25, -0.2) is 4.98 Å². The van der Waals surface area contributed by atoms with Crippen LogP contribution in [0.15, 0.2) is 12.4 Å². The highest BCUT2D eigenvalue weighted by Gasteiger charge is 2.39. The molecule has 4 heteroatoms. The van der Waals surface area contributed by atoms with Crippen LogP contribution in [0.4, 0.5) is 0 Å². The van der Waals surface area contributed by atoms with Crippen molar-refractivity contribution in [2.24, 2.45) is 11.8 Å². The third-order valence-corrected chi connectivity index (χ3v) is 2.73. The number of carbonyl (C=O) groups excluding carboxylic acids is 1. The lowest BCUT2D eigenvalue weighted by Crippen LogP contribution is -2.29. The van der Waals surface area contributed by atoms with Crippen LogP contribution >= 0.6 is 0 Å². The lowest BCUT2D eigenvalue weighted by molar-refractivity contribution is -0.123. The fourth-order valence-corrected chi connectivity index (χ4v) is 1.59. The molecule has 0 bridgehead atoms. The van der Waals surface area contributed by atoms with E-state index in [0.29, 0.717) is 5.92 Å². The SMILES string of the molecule is CC(NC(=O)C1CC1C)c1ncc[nH]1. The van der Waals surface area contributed by atoms with Crippen molar-refractivity contribution in [3.05, 3.63) is 18.2 Å². The Hall–Kier alpha value is -1.32. The minimum absolute atomic E-state index is 0.0229. The minimum Gasteiger partial charge on any atom is -0.347 e. The Balaban J connectivity index is 1.88. The average molecular weight is 193 g/mol. The van der Waals surface area contributed by atoms with Gasteiger partial charge < -0.3 is 10.3 Å². The Kier molecular flexibility index (Phi) is 2.27. The summed E-state index contributed by atoms with van der Waals surface area (Å²) in [5, 5.41) is 2.94. The number of hydrogen-bond acceptors (Lipinski definition) is 2. The molecular weight excluding hydrogens is 178 g/mol. The van der Waals surface area contributed by atoms with E-state index in [9.17, 15) is 4.79 Å². The highest BCUT2D eigenvalue weighted by molar-refractivity contribution is 5.81. The summed E-state index contributed by atoms with van der Waals surface area (Å²) in [5.74, 6) is 1.75. The Bertz CT molecular complexity index is 320. The van der Waals surface area contributed by atoms with E-state index in [1.165, 1.54) is 0 Å². The first-order valence-corrected chi connectivity index (χ1v) is 4.98. The zero-order valence-corrected chi connectivity index (χ0v) is 8.45. The Morgan fingerprint density at radius 1 is 1.79 bits per heavy atom. The van der Waals surface area contributed by atoms with Gasteiger partial charge in [0, 0.05) is 18.3 Å². The normalized spacial score (nSPS) is 27.0. The molecule has 3 atom stereocenters. The first-order chi connectivity index (χ1) is 6.68. The molecule has 0 spiro atoms. The fraction of sp³-hybridized carbons (Fsp3) is 0.600. The van der Waals surface area contributed by atoms with Gasteiger partial charge in [-0.2, -0.15) is 0 Å². The molecule has 1 saturated carbocycles. The van der Waals surface area contributed by atoms with Gasteiger partial charge in [-0.05, 0) is 19.3 Å². The van der Waals surface area contributed by atoms with E-state index in [2.05, 4.69) is 22.2 Å². The number of rotatable bonds is 3. The van der Waals surface area contributed by atoms with E-state index in [-0.39, 0.29) is 17.9 Å². The van der Waals surface area contributed by atoms with E-state index in [1.54, 1.807) is 12.4 Å². The van der Waals surface area contributed by atoms with E-state index >= 15 is 0 Å². The van der Waals surface area contributed by atoms with E-state index < -0.39 is 0 Å². The minimum atomic E-state index is -0.0229. The van der Waals surface area contributed by atoms with Crippen LogP contribution in [-0.4, -0.2) is 15.9 Å². The second-order valence-electron chi connectivity index (χ2n) is 4.02. The lowest BCUT2D eigenvalue weighted by Gasteiger charge is -2.10. The number of nitrogens with one attached hydrogen (secondary N) is 2. The molecule has 1 aromatic rings. The predicted molar refractivity (Wildman–Crippen MR) is 52.4 cm³/mol. The smallest absolute Gasteiger partial charge is 0.223 e.